The second-order valence-corrected chi connectivity index (χ2v) is 7.30. The highest BCUT2D eigenvalue weighted by atomic mass is 16.1. The van der Waals surface area contributed by atoms with Crippen LogP contribution in [0.1, 0.15) is 43.8 Å². The number of rotatable bonds is 2. The zero-order chi connectivity index (χ0) is 21.2. The highest BCUT2D eigenvalue weighted by Gasteiger charge is 2.27. The highest BCUT2D eigenvalue weighted by Crippen LogP contribution is 2.35. The second kappa shape index (κ2) is 6.18. The fourth-order valence-corrected chi connectivity index (χ4v) is 3.99. The Labute approximate surface area is 170 Å². The molecule has 0 saturated heterocycles. The molecular weight excluding hydrogens is 380 g/mol. The number of ketones is 3. The second-order valence-electron chi connectivity index (χ2n) is 7.30. The molecule has 146 valence electrons. The predicted molar refractivity (Wildman–Crippen MR) is 113 cm³/mol. The van der Waals surface area contributed by atoms with Gasteiger partial charge in [-0.05, 0) is 30.7 Å². The van der Waals surface area contributed by atoms with E-state index in [4.69, 9.17) is 5.73 Å². The first kappa shape index (κ1) is 17.9. The van der Waals surface area contributed by atoms with Crippen LogP contribution in [0.15, 0.2) is 48.2 Å². The summed E-state index contributed by atoms with van der Waals surface area (Å²) in [6.45, 7) is 3.33. The Morgan fingerprint density at radius 3 is 2.57 bits per heavy atom. The number of para-hydroxylation sites is 1. The van der Waals surface area contributed by atoms with Gasteiger partial charge >= 0.3 is 0 Å². The summed E-state index contributed by atoms with van der Waals surface area (Å²) in [4.78, 5) is 49.4. The fourth-order valence-electron chi connectivity index (χ4n) is 3.99. The van der Waals surface area contributed by atoms with Crippen molar-refractivity contribution in [3.8, 4) is 11.4 Å². The average molecular weight is 396 g/mol. The molecular formula is C23H16N4O3. The number of hydrogen-bond donors (Lipinski definition) is 2. The number of carbonyl (C=O) groups is 3. The topological polar surface area (TPSA) is 119 Å². The van der Waals surface area contributed by atoms with Crippen LogP contribution in [0.3, 0.4) is 0 Å². The molecule has 0 saturated carbocycles. The maximum atomic E-state index is 12.5. The molecule has 1 aliphatic carbocycles. The van der Waals surface area contributed by atoms with E-state index in [1.54, 1.807) is 12.1 Å². The highest BCUT2D eigenvalue weighted by molar-refractivity contribution is 6.23. The van der Waals surface area contributed by atoms with E-state index in [9.17, 15) is 14.4 Å². The Bertz CT molecular complexity index is 1480. The maximum Gasteiger partial charge on any atom is 0.227 e. The summed E-state index contributed by atoms with van der Waals surface area (Å²) in [6.07, 6.45) is 1.11. The standard InChI is InChI=1S/C23H16N4O3/c1-10-18-12-5-3-4-6-15(12)25-22(18)21(27-19(10)11(2)28)16-8-7-13-17(29)9-14(24)23(30)20(13)26-16/h3-9,25H,24H2,1-2H3. The van der Waals surface area contributed by atoms with Crippen molar-refractivity contribution < 1.29 is 14.4 Å². The van der Waals surface area contributed by atoms with Gasteiger partial charge in [-0.15, -0.1) is 0 Å². The van der Waals surface area contributed by atoms with Gasteiger partial charge in [0.1, 0.15) is 17.1 Å². The summed E-state index contributed by atoms with van der Waals surface area (Å²) < 4.78 is 0. The molecule has 0 radical (unpaired) electrons. The first-order valence-electron chi connectivity index (χ1n) is 9.36. The summed E-state index contributed by atoms with van der Waals surface area (Å²) in [5.74, 6) is -1.03. The van der Waals surface area contributed by atoms with E-state index in [0.29, 0.717) is 22.6 Å². The number of pyridine rings is 2. The normalized spacial score (nSPS) is 13.6. The molecule has 0 unspecified atom stereocenters. The number of nitrogens with two attached hydrogens (primary N) is 1. The number of aromatic amines is 1. The van der Waals surface area contributed by atoms with Crippen molar-refractivity contribution in [2.24, 2.45) is 5.73 Å². The van der Waals surface area contributed by atoms with E-state index >= 15 is 0 Å². The first-order chi connectivity index (χ1) is 14.4. The number of H-pyrrole nitrogens is 1. The Morgan fingerprint density at radius 2 is 1.80 bits per heavy atom. The lowest BCUT2D eigenvalue weighted by molar-refractivity contribution is 0.0979. The summed E-state index contributed by atoms with van der Waals surface area (Å²) in [7, 11) is 0. The Hall–Kier alpha value is -4.13. The van der Waals surface area contributed by atoms with Crippen LogP contribution in [-0.2, 0) is 0 Å². The third-order valence-corrected chi connectivity index (χ3v) is 5.40. The molecule has 0 spiro atoms. The van der Waals surface area contributed by atoms with Gasteiger partial charge in [0.2, 0.25) is 5.78 Å². The van der Waals surface area contributed by atoms with Gasteiger partial charge in [-0.1, -0.05) is 18.2 Å². The lowest BCUT2D eigenvalue weighted by Crippen LogP contribution is -2.23. The van der Waals surface area contributed by atoms with E-state index in [2.05, 4.69) is 15.0 Å². The molecule has 0 aliphatic heterocycles. The number of aryl methyl sites for hydroxylation is 1. The monoisotopic (exact) mass is 396 g/mol. The molecule has 3 N–H and O–H groups in total. The Kier molecular flexibility index (Phi) is 3.70. The molecule has 1 aromatic carbocycles. The van der Waals surface area contributed by atoms with Gasteiger partial charge in [-0.3, -0.25) is 14.4 Å². The smallest absolute Gasteiger partial charge is 0.227 e. The van der Waals surface area contributed by atoms with Crippen molar-refractivity contribution in [1.29, 1.82) is 0 Å². The number of carbonyl (C=O) groups excluding carboxylic acids is 3. The average Bonchev–Trinajstić information content (AvgIpc) is 3.12. The van der Waals surface area contributed by atoms with Gasteiger partial charge in [0.05, 0.1) is 22.5 Å². The molecule has 1 aliphatic rings. The van der Waals surface area contributed by atoms with Crippen LogP contribution < -0.4 is 5.73 Å². The molecule has 7 heteroatoms. The van der Waals surface area contributed by atoms with Crippen LogP contribution in [0.2, 0.25) is 0 Å². The fraction of sp³-hybridized carbons (Fsp3) is 0.0870. The van der Waals surface area contributed by atoms with Crippen LogP contribution >= 0.6 is 0 Å². The minimum Gasteiger partial charge on any atom is -0.395 e. The minimum atomic E-state index is -0.502. The van der Waals surface area contributed by atoms with Crippen molar-refractivity contribution in [3.63, 3.8) is 0 Å². The van der Waals surface area contributed by atoms with Gasteiger partial charge in [-0.2, -0.15) is 0 Å². The van der Waals surface area contributed by atoms with Crippen molar-refractivity contribution in [2.75, 3.05) is 0 Å². The summed E-state index contributed by atoms with van der Waals surface area (Å²) in [5.41, 5.74) is 9.27. The molecule has 7 nitrogen and oxygen atoms in total. The molecule has 0 bridgehead atoms. The zero-order valence-electron chi connectivity index (χ0n) is 16.2. The number of nitrogens with zero attached hydrogens (tertiary/aromatic N) is 2. The lowest BCUT2D eigenvalue weighted by Gasteiger charge is -2.14. The van der Waals surface area contributed by atoms with Gasteiger partial charge in [0, 0.05) is 29.3 Å². The molecule has 5 rings (SSSR count). The van der Waals surface area contributed by atoms with Crippen LogP contribution in [0.25, 0.3) is 33.2 Å². The zero-order valence-corrected chi connectivity index (χ0v) is 16.2. The number of Topliss-reactive ketones (excluding diaryl/α,β-unsaturated/α-hetero) is 2. The number of aromatic nitrogens is 3. The van der Waals surface area contributed by atoms with Gasteiger partial charge < -0.3 is 10.7 Å². The van der Waals surface area contributed by atoms with Crippen molar-refractivity contribution in [3.05, 3.63) is 70.7 Å². The van der Waals surface area contributed by atoms with Crippen LogP contribution in [0, 0.1) is 6.92 Å². The Morgan fingerprint density at radius 1 is 1.03 bits per heavy atom. The van der Waals surface area contributed by atoms with Crippen molar-refractivity contribution in [1.82, 2.24) is 15.0 Å². The third-order valence-electron chi connectivity index (χ3n) is 5.40. The summed E-state index contributed by atoms with van der Waals surface area (Å²) in [6, 6.07) is 10.9. The third kappa shape index (κ3) is 2.42. The quantitative estimate of drug-likeness (QED) is 0.501. The van der Waals surface area contributed by atoms with E-state index in [1.807, 2.05) is 31.2 Å². The van der Waals surface area contributed by atoms with Crippen LogP contribution in [0.5, 0.6) is 0 Å². The minimum absolute atomic E-state index is 0.00601. The van der Waals surface area contributed by atoms with E-state index in [1.165, 1.54) is 6.92 Å². The van der Waals surface area contributed by atoms with E-state index in [0.717, 1.165) is 27.9 Å². The van der Waals surface area contributed by atoms with E-state index < -0.39 is 5.78 Å². The summed E-state index contributed by atoms with van der Waals surface area (Å²) in [5, 5.41) is 1.84. The molecule has 0 fully saturated rings. The number of nitrogens with one attached hydrogen (secondary N) is 1. The van der Waals surface area contributed by atoms with Crippen molar-refractivity contribution in [2.45, 2.75) is 13.8 Å². The predicted octanol–water partition coefficient (Wildman–Crippen LogP) is 3.51. The van der Waals surface area contributed by atoms with Crippen LogP contribution in [0.4, 0.5) is 0 Å². The lowest BCUT2D eigenvalue weighted by atomic mass is 9.96. The molecule has 3 heterocycles. The molecule has 0 atom stereocenters. The number of fused-ring (bicyclic) bond motifs is 4. The number of allylic oxidation sites excluding steroid dienone is 2. The SMILES string of the molecule is CC(=O)c1nc(-c2ccc3c(n2)C(=O)C(N)=CC3=O)c2[nH]c3ccccc3c2c1C. The maximum absolute atomic E-state index is 12.5. The van der Waals surface area contributed by atoms with Gasteiger partial charge in [-0.25, -0.2) is 9.97 Å². The van der Waals surface area contributed by atoms with Crippen LogP contribution in [-0.4, -0.2) is 32.3 Å². The Balaban J connectivity index is 1.86. The van der Waals surface area contributed by atoms with Gasteiger partial charge in [0.15, 0.2) is 11.6 Å². The first-order valence-corrected chi connectivity index (χ1v) is 9.36. The van der Waals surface area contributed by atoms with Crippen molar-refractivity contribution >= 4 is 39.2 Å². The van der Waals surface area contributed by atoms with E-state index in [-0.39, 0.29) is 28.5 Å². The number of benzene rings is 1. The molecule has 4 aromatic rings. The molecule has 30 heavy (non-hydrogen) atoms. The van der Waals surface area contributed by atoms with Gasteiger partial charge in [0.25, 0.3) is 0 Å². The summed E-state index contributed by atoms with van der Waals surface area (Å²) >= 11 is 0. The largest absolute Gasteiger partial charge is 0.395 e. The molecule has 3 aromatic heterocycles. The number of hydrogen-bond acceptors (Lipinski definition) is 6. The molecule has 0 amide bonds.